The molecule has 2 aromatic carbocycles. The van der Waals surface area contributed by atoms with Gasteiger partial charge in [-0.3, -0.25) is 9.59 Å². The number of likely N-dealkylation sites (tertiary alicyclic amines) is 1. The van der Waals surface area contributed by atoms with E-state index in [9.17, 15) is 14.0 Å². The number of aromatic nitrogens is 3. The van der Waals surface area contributed by atoms with E-state index < -0.39 is 11.7 Å². The molecule has 5 N–H and O–H groups in total. The smallest absolute Gasteiger partial charge is 0.253 e. The lowest BCUT2D eigenvalue weighted by Gasteiger charge is -2.33. The standard InChI is InChI=1S/C27H27FN8O3/c1-39-21-12-15-7-11-36(14-22(37)35-9-3-10-35)20(15)13-19(21)32-27-33-25-16(6-8-30-25)26(34-27)31-18-5-2-4-17(28)23(18)24(29)38/h2,4-6,8,12-13H,3,7,9-11,14H2,1H3,(H2,29,38)(H3,30,31,32,33,34). The van der Waals surface area contributed by atoms with Crippen LogP contribution in [0.25, 0.3) is 11.0 Å². The number of hydrogen-bond acceptors (Lipinski definition) is 8. The Hall–Kier alpha value is -4.87. The number of nitrogens with two attached hydrogens (primary N) is 1. The maximum Gasteiger partial charge on any atom is 0.253 e. The summed E-state index contributed by atoms with van der Waals surface area (Å²) >= 11 is 0. The molecule has 11 nitrogen and oxygen atoms in total. The highest BCUT2D eigenvalue weighted by atomic mass is 19.1. The number of rotatable bonds is 8. The molecule has 0 atom stereocenters. The van der Waals surface area contributed by atoms with Crippen LogP contribution in [0.1, 0.15) is 22.3 Å². The quantitative estimate of drug-likeness (QED) is 0.272. The summed E-state index contributed by atoms with van der Waals surface area (Å²) in [6.07, 6.45) is 3.57. The van der Waals surface area contributed by atoms with Crippen molar-refractivity contribution in [3.63, 3.8) is 0 Å². The molecule has 200 valence electrons. The number of nitrogens with one attached hydrogen (secondary N) is 3. The highest BCUT2D eigenvalue weighted by Gasteiger charge is 2.27. The highest BCUT2D eigenvalue weighted by Crippen LogP contribution is 2.39. The molecular formula is C27H27FN8O3. The van der Waals surface area contributed by atoms with E-state index >= 15 is 0 Å². The fourth-order valence-corrected chi connectivity index (χ4v) is 4.96. The Labute approximate surface area is 223 Å². The number of amides is 2. The van der Waals surface area contributed by atoms with Crippen LogP contribution in [-0.2, 0) is 11.2 Å². The Kier molecular flexibility index (Phi) is 6.14. The van der Waals surface area contributed by atoms with E-state index in [1.165, 1.54) is 12.1 Å². The molecule has 39 heavy (non-hydrogen) atoms. The number of primary amides is 1. The number of nitrogens with zero attached hydrogens (tertiary/aromatic N) is 4. The van der Waals surface area contributed by atoms with E-state index in [0.717, 1.165) is 43.7 Å². The molecule has 4 aromatic rings. The largest absolute Gasteiger partial charge is 0.495 e. The minimum Gasteiger partial charge on any atom is -0.495 e. The van der Waals surface area contributed by atoms with Crippen molar-refractivity contribution in [1.82, 2.24) is 19.9 Å². The normalized spacial score (nSPS) is 14.2. The van der Waals surface area contributed by atoms with Crippen LogP contribution in [0.2, 0.25) is 0 Å². The molecule has 1 saturated heterocycles. The first kappa shape index (κ1) is 24.5. The Morgan fingerprint density at radius 3 is 2.72 bits per heavy atom. The number of carbonyl (C=O) groups is 2. The van der Waals surface area contributed by atoms with Crippen molar-refractivity contribution in [1.29, 1.82) is 0 Å². The summed E-state index contributed by atoms with van der Waals surface area (Å²) in [4.78, 5) is 40.7. The molecule has 0 unspecified atom stereocenters. The summed E-state index contributed by atoms with van der Waals surface area (Å²) < 4.78 is 20.0. The molecule has 0 aliphatic carbocycles. The monoisotopic (exact) mass is 530 g/mol. The van der Waals surface area contributed by atoms with Gasteiger partial charge >= 0.3 is 0 Å². The first-order valence-electron chi connectivity index (χ1n) is 12.6. The number of halogens is 1. The van der Waals surface area contributed by atoms with Gasteiger partial charge in [-0.1, -0.05) is 6.07 Å². The summed E-state index contributed by atoms with van der Waals surface area (Å²) in [6.45, 7) is 2.71. The number of ether oxygens (including phenoxy) is 1. The number of anilines is 5. The van der Waals surface area contributed by atoms with Crippen molar-refractivity contribution in [2.45, 2.75) is 12.8 Å². The number of benzene rings is 2. The summed E-state index contributed by atoms with van der Waals surface area (Å²) in [6, 6.07) is 9.88. The lowest BCUT2D eigenvalue weighted by molar-refractivity contribution is -0.133. The molecule has 1 fully saturated rings. The van der Waals surface area contributed by atoms with Crippen molar-refractivity contribution in [2.75, 3.05) is 48.8 Å². The summed E-state index contributed by atoms with van der Waals surface area (Å²) in [5.41, 5.74) is 8.56. The van der Waals surface area contributed by atoms with Gasteiger partial charge in [0.05, 0.1) is 36.0 Å². The van der Waals surface area contributed by atoms with Gasteiger partial charge in [0.1, 0.15) is 23.0 Å². The third kappa shape index (κ3) is 4.54. The van der Waals surface area contributed by atoms with Crippen molar-refractivity contribution in [2.24, 2.45) is 5.73 Å². The van der Waals surface area contributed by atoms with E-state index in [1.54, 1.807) is 25.4 Å². The molecule has 0 bridgehead atoms. The zero-order valence-electron chi connectivity index (χ0n) is 21.3. The average Bonchev–Trinajstić information content (AvgIpc) is 3.49. The first-order chi connectivity index (χ1) is 18.9. The fraction of sp³-hybridized carbons (Fsp3) is 0.259. The first-order valence-corrected chi connectivity index (χ1v) is 12.6. The molecule has 2 aromatic heterocycles. The van der Waals surface area contributed by atoms with E-state index in [4.69, 9.17) is 10.5 Å². The van der Waals surface area contributed by atoms with E-state index in [0.29, 0.717) is 34.8 Å². The third-order valence-electron chi connectivity index (χ3n) is 7.10. The summed E-state index contributed by atoms with van der Waals surface area (Å²) in [5, 5.41) is 6.91. The number of aromatic amines is 1. The van der Waals surface area contributed by atoms with Gasteiger partial charge in [0.2, 0.25) is 11.9 Å². The minimum absolute atomic E-state index is 0.128. The molecule has 6 rings (SSSR count). The van der Waals surface area contributed by atoms with Crippen molar-refractivity contribution < 1.29 is 18.7 Å². The van der Waals surface area contributed by atoms with Gasteiger partial charge in [-0.2, -0.15) is 9.97 Å². The molecular weight excluding hydrogens is 503 g/mol. The Morgan fingerprint density at radius 2 is 1.97 bits per heavy atom. The van der Waals surface area contributed by atoms with Crippen LogP contribution in [0.15, 0.2) is 42.6 Å². The van der Waals surface area contributed by atoms with Crippen LogP contribution < -0.4 is 26.0 Å². The van der Waals surface area contributed by atoms with Gasteiger partial charge in [-0.15, -0.1) is 0 Å². The topological polar surface area (TPSA) is 142 Å². The number of fused-ring (bicyclic) bond motifs is 2. The van der Waals surface area contributed by atoms with Gasteiger partial charge < -0.3 is 35.9 Å². The highest BCUT2D eigenvalue weighted by molar-refractivity contribution is 6.01. The van der Waals surface area contributed by atoms with Gasteiger partial charge in [0, 0.05) is 31.5 Å². The zero-order valence-corrected chi connectivity index (χ0v) is 21.3. The molecule has 2 aliphatic rings. The minimum atomic E-state index is -0.895. The van der Waals surface area contributed by atoms with Crippen molar-refractivity contribution in [3.8, 4) is 5.75 Å². The predicted molar refractivity (Wildman–Crippen MR) is 145 cm³/mol. The van der Waals surface area contributed by atoms with Gasteiger partial charge in [0.25, 0.3) is 5.91 Å². The number of H-pyrrole nitrogens is 1. The molecule has 0 spiro atoms. The van der Waals surface area contributed by atoms with Crippen molar-refractivity contribution in [3.05, 3.63) is 59.5 Å². The molecule has 2 aliphatic heterocycles. The second-order valence-corrected chi connectivity index (χ2v) is 9.50. The van der Waals surface area contributed by atoms with Crippen LogP contribution in [0, 0.1) is 5.82 Å². The van der Waals surface area contributed by atoms with E-state index in [-0.39, 0.29) is 23.1 Å². The molecule has 0 saturated carbocycles. The van der Waals surface area contributed by atoms with Crippen LogP contribution in [0.4, 0.5) is 33.2 Å². The Bertz CT molecular complexity index is 1600. The van der Waals surface area contributed by atoms with Crippen LogP contribution in [0.5, 0.6) is 5.75 Å². The van der Waals surface area contributed by atoms with Gasteiger partial charge in [0.15, 0.2) is 0 Å². The maximum atomic E-state index is 14.4. The third-order valence-corrected chi connectivity index (χ3v) is 7.10. The number of hydrogen-bond donors (Lipinski definition) is 4. The lowest BCUT2D eigenvalue weighted by atomic mass is 10.1. The second-order valence-electron chi connectivity index (χ2n) is 9.50. The Morgan fingerprint density at radius 1 is 1.13 bits per heavy atom. The van der Waals surface area contributed by atoms with Crippen LogP contribution in [-0.4, -0.2) is 65.0 Å². The van der Waals surface area contributed by atoms with Crippen LogP contribution >= 0.6 is 0 Å². The lowest BCUT2D eigenvalue weighted by Crippen LogP contribution is -2.47. The summed E-state index contributed by atoms with van der Waals surface area (Å²) in [7, 11) is 1.59. The summed E-state index contributed by atoms with van der Waals surface area (Å²) in [5.74, 6) is -0.305. The molecule has 2 amide bonds. The van der Waals surface area contributed by atoms with Gasteiger partial charge in [-0.25, -0.2) is 4.39 Å². The molecule has 0 radical (unpaired) electrons. The molecule has 4 heterocycles. The Balaban J connectivity index is 1.33. The van der Waals surface area contributed by atoms with Crippen LogP contribution in [0.3, 0.4) is 0 Å². The SMILES string of the molecule is COc1cc2c(cc1Nc1nc(Nc3cccc(F)c3C(N)=O)c3cc[nH]c3n1)N(CC(=O)N1CCC1)CC2. The van der Waals surface area contributed by atoms with E-state index in [2.05, 4.69) is 30.5 Å². The van der Waals surface area contributed by atoms with Gasteiger partial charge in [-0.05, 0) is 48.7 Å². The maximum absolute atomic E-state index is 14.4. The van der Waals surface area contributed by atoms with Crippen molar-refractivity contribution >= 4 is 51.7 Å². The zero-order chi connectivity index (χ0) is 27.1. The second kappa shape index (κ2) is 9.78. The average molecular weight is 531 g/mol. The fourth-order valence-electron chi connectivity index (χ4n) is 4.96. The number of carbonyl (C=O) groups excluding carboxylic acids is 2. The number of methoxy groups -OCH3 is 1. The predicted octanol–water partition coefficient (Wildman–Crippen LogP) is 3.29. The van der Waals surface area contributed by atoms with E-state index in [1.807, 2.05) is 17.0 Å². The molecule has 12 heteroatoms.